The Labute approximate surface area is 133 Å². The van der Waals surface area contributed by atoms with E-state index in [0.29, 0.717) is 6.61 Å². The number of ether oxygens (including phenoxy) is 3. The van der Waals surface area contributed by atoms with Crippen LogP contribution in [-0.2, 0) is 11.2 Å². The van der Waals surface area contributed by atoms with Crippen molar-refractivity contribution >= 4 is 0 Å². The summed E-state index contributed by atoms with van der Waals surface area (Å²) in [5, 5.41) is 3.42. The minimum atomic E-state index is 0.151. The maximum Gasteiger partial charge on any atom is 0.161 e. The molecule has 0 amide bonds. The number of piperidine rings is 1. The zero-order valence-electron chi connectivity index (χ0n) is 13.5. The van der Waals surface area contributed by atoms with Crippen molar-refractivity contribution in [3.05, 3.63) is 23.8 Å². The highest BCUT2D eigenvalue weighted by Crippen LogP contribution is 2.31. The SMILES string of the molecule is COc1cc(CC2CCNCC2)ccc1OC1CCCOC1. The van der Waals surface area contributed by atoms with E-state index in [1.807, 2.05) is 0 Å². The summed E-state index contributed by atoms with van der Waals surface area (Å²) >= 11 is 0. The minimum Gasteiger partial charge on any atom is -0.493 e. The highest BCUT2D eigenvalue weighted by molar-refractivity contribution is 5.43. The number of methoxy groups -OCH3 is 1. The summed E-state index contributed by atoms with van der Waals surface area (Å²) in [6.07, 6.45) is 5.93. The second-order valence-electron chi connectivity index (χ2n) is 6.34. The van der Waals surface area contributed by atoms with E-state index in [9.17, 15) is 0 Å². The van der Waals surface area contributed by atoms with Crippen LogP contribution in [0, 0.1) is 5.92 Å². The zero-order valence-corrected chi connectivity index (χ0v) is 13.5. The van der Waals surface area contributed by atoms with Gasteiger partial charge < -0.3 is 19.5 Å². The quantitative estimate of drug-likeness (QED) is 0.908. The van der Waals surface area contributed by atoms with E-state index in [1.54, 1.807) is 7.11 Å². The van der Waals surface area contributed by atoms with Gasteiger partial charge in [-0.3, -0.25) is 0 Å². The molecule has 3 rings (SSSR count). The van der Waals surface area contributed by atoms with Crippen LogP contribution in [0.5, 0.6) is 11.5 Å². The third kappa shape index (κ3) is 4.14. The first kappa shape index (κ1) is 15.6. The van der Waals surface area contributed by atoms with Crippen LogP contribution >= 0.6 is 0 Å². The summed E-state index contributed by atoms with van der Waals surface area (Å²) in [5.74, 6) is 2.47. The van der Waals surface area contributed by atoms with Gasteiger partial charge in [0.15, 0.2) is 11.5 Å². The smallest absolute Gasteiger partial charge is 0.161 e. The second-order valence-corrected chi connectivity index (χ2v) is 6.34. The van der Waals surface area contributed by atoms with Gasteiger partial charge in [0, 0.05) is 6.61 Å². The summed E-state index contributed by atoms with van der Waals surface area (Å²) in [6.45, 7) is 3.82. The van der Waals surface area contributed by atoms with Crippen LogP contribution in [0.1, 0.15) is 31.2 Å². The third-order valence-electron chi connectivity index (χ3n) is 4.62. The van der Waals surface area contributed by atoms with Crippen LogP contribution < -0.4 is 14.8 Å². The van der Waals surface area contributed by atoms with Crippen LogP contribution in [0.25, 0.3) is 0 Å². The van der Waals surface area contributed by atoms with Crippen LogP contribution in [0.15, 0.2) is 18.2 Å². The third-order valence-corrected chi connectivity index (χ3v) is 4.62. The predicted octanol–water partition coefficient (Wildman–Crippen LogP) is 2.80. The van der Waals surface area contributed by atoms with Gasteiger partial charge >= 0.3 is 0 Å². The molecule has 0 aliphatic carbocycles. The fraction of sp³-hybridized carbons (Fsp3) is 0.667. The molecule has 1 aromatic carbocycles. The fourth-order valence-electron chi connectivity index (χ4n) is 3.34. The lowest BCUT2D eigenvalue weighted by Crippen LogP contribution is -2.28. The first-order valence-corrected chi connectivity index (χ1v) is 8.47. The molecule has 4 nitrogen and oxygen atoms in total. The Morgan fingerprint density at radius 3 is 2.77 bits per heavy atom. The molecule has 4 heteroatoms. The minimum absolute atomic E-state index is 0.151. The predicted molar refractivity (Wildman–Crippen MR) is 86.8 cm³/mol. The summed E-state index contributed by atoms with van der Waals surface area (Å²) < 4.78 is 17.1. The monoisotopic (exact) mass is 305 g/mol. The fourth-order valence-corrected chi connectivity index (χ4v) is 3.34. The van der Waals surface area contributed by atoms with Gasteiger partial charge in [-0.2, -0.15) is 0 Å². The molecule has 0 aromatic heterocycles. The lowest BCUT2D eigenvalue weighted by molar-refractivity contribution is 0.00643. The van der Waals surface area contributed by atoms with Gasteiger partial charge in [0.25, 0.3) is 0 Å². The van der Waals surface area contributed by atoms with E-state index in [1.165, 1.54) is 18.4 Å². The van der Waals surface area contributed by atoms with Gasteiger partial charge in [-0.05, 0) is 68.8 Å². The summed E-state index contributed by atoms with van der Waals surface area (Å²) in [4.78, 5) is 0. The Hall–Kier alpha value is -1.26. The Kier molecular flexibility index (Phi) is 5.57. The topological polar surface area (TPSA) is 39.7 Å². The molecule has 2 heterocycles. The first-order valence-electron chi connectivity index (χ1n) is 8.47. The molecule has 0 radical (unpaired) electrons. The van der Waals surface area contributed by atoms with E-state index in [4.69, 9.17) is 14.2 Å². The Morgan fingerprint density at radius 1 is 1.18 bits per heavy atom. The van der Waals surface area contributed by atoms with Crippen molar-refractivity contribution < 1.29 is 14.2 Å². The summed E-state index contributed by atoms with van der Waals surface area (Å²) in [7, 11) is 1.72. The van der Waals surface area contributed by atoms with Crippen LogP contribution in [-0.4, -0.2) is 39.5 Å². The Bertz CT molecular complexity index is 465. The largest absolute Gasteiger partial charge is 0.493 e. The molecule has 0 bridgehead atoms. The van der Waals surface area contributed by atoms with E-state index in [-0.39, 0.29) is 6.10 Å². The Balaban J connectivity index is 1.64. The molecule has 1 aromatic rings. The molecular weight excluding hydrogens is 278 g/mol. The van der Waals surface area contributed by atoms with Gasteiger partial charge in [-0.1, -0.05) is 6.07 Å². The number of hydrogen-bond donors (Lipinski definition) is 1. The molecule has 22 heavy (non-hydrogen) atoms. The molecule has 0 saturated carbocycles. The summed E-state index contributed by atoms with van der Waals surface area (Å²) in [5.41, 5.74) is 1.34. The van der Waals surface area contributed by atoms with E-state index in [2.05, 4.69) is 23.5 Å². The van der Waals surface area contributed by atoms with Gasteiger partial charge in [0.05, 0.1) is 13.7 Å². The number of nitrogens with one attached hydrogen (secondary N) is 1. The molecule has 2 aliphatic rings. The van der Waals surface area contributed by atoms with Crippen molar-refractivity contribution in [3.63, 3.8) is 0 Å². The molecule has 1 unspecified atom stereocenters. The molecule has 0 spiro atoms. The molecule has 122 valence electrons. The number of rotatable bonds is 5. The van der Waals surface area contributed by atoms with Crippen molar-refractivity contribution in [2.24, 2.45) is 5.92 Å². The maximum atomic E-state index is 6.06. The molecular formula is C18H27NO3. The Morgan fingerprint density at radius 2 is 2.05 bits per heavy atom. The van der Waals surface area contributed by atoms with E-state index < -0.39 is 0 Å². The average Bonchev–Trinajstić information content (AvgIpc) is 2.58. The van der Waals surface area contributed by atoms with Crippen molar-refractivity contribution in [3.8, 4) is 11.5 Å². The lowest BCUT2D eigenvalue weighted by Gasteiger charge is -2.25. The molecule has 1 atom stereocenters. The standard InChI is InChI=1S/C18H27NO3/c1-20-18-12-15(11-14-6-8-19-9-7-14)4-5-17(18)22-16-3-2-10-21-13-16/h4-5,12,14,16,19H,2-3,6-11,13H2,1H3. The molecule has 2 aliphatic heterocycles. The van der Waals surface area contributed by atoms with Crippen LogP contribution in [0.3, 0.4) is 0 Å². The van der Waals surface area contributed by atoms with Crippen molar-refractivity contribution in [2.45, 2.75) is 38.2 Å². The zero-order chi connectivity index (χ0) is 15.2. The highest BCUT2D eigenvalue weighted by Gasteiger charge is 2.19. The normalized spacial score (nSPS) is 23.2. The molecule has 1 N–H and O–H groups in total. The maximum absolute atomic E-state index is 6.06. The molecule has 2 saturated heterocycles. The van der Waals surface area contributed by atoms with E-state index >= 15 is 0 Å². The van der Waals surface area contributed by atoms with Crippen molar-refractivity contribution in [1.29, 1.82) is 0 Å². The second kappa shape index (κ2) is 7.84. The first-order chi connectivity index (χ1) is 10.8. The average molecular weight is 305 g/mol. The number of hydrogen-bond acceptors (Lipinski definition) is 4. The van der Waals surface area contributed by atoms with Gasteiger partial charge in [0.1, 0.15) is 6.10 Å². The van der Waals surface area contributed by atoms with E-state index in [0.717, 1.165) is 56.4 Å². The number of benzene rings is 1. The van der Waals surface area contributed by atoms with Crippen LogP contribution in [0.2, 0.25) is 0 Å². The van der Waals surface area contributed by atoms with Crippen molar-refractivity contribution in [2.75, 3.05) is 33.4 Å². The van der Waals surface area contributed by atoms with Crippen LogP contribution in [0.4, 0.5) is 0 Å². The van der Waals surface area contributed by atoms with Gasteiger partial charge in [-0.25, -0.2) is 0 Å². The molecule has 2 fully saturated rings. The highest BCUT2D eigenvalue weighted by atomic mass is 16.5. The van der Waals surface area contributed by atoms with Crippen molar-refractivity contribution in [1.82, 2.24) is 5.32 Å². The summed E-state index contributed by atoms with van der Waals surface area (Å²) in [6, 6.07) is 6.38. The van der Waals surface area contributed by atoms with Gasteiger partial charge in [0.2, 0.25) is 0 Å². The van der Waals surface area contributed by atoms with Gasteiger partial charge in [-0.15, -0.1) is 0 Å². The lowest BCUT2D eigenvalue weighted by atomic mass is 9.91.